The van der Waals surface area contributed by atoms with Crippen molar-refractivity contribution in [1.82, 2.24) is 0 Å². The Morgan fingerprint density at radius 1 is 1.14 bits per heavy atom. The number of cyclic esters (lactones) is 1. The Hall–Kier alpha value is -2.53. The monoisotopic (exact) mass is 496 g/mol. The SMILES string of the molecule is CC(=C/C(C)C/C=C/C(C)=C/C(C)C(=O)C(C)C1OC(C)(C=O)CC1C)/C=C/C1OC(=O)C=CC1C. The van der Waals surface area contributed by atoms with E-state index in [9.17, 15) is 14.4 Å². The average Bonchev–Trinajstić information content (AvgIpc) is 3.13. The molecule has 0 bridgehead atoms. The lowest BCUT2D eigenvalue weighted by molar-refractivity contribution is -0.143. The molecule has 1 saturated heterocycles. The maximum Gasteiger partial charge on any atom is 0.331 e. The van der Waals surface area contributed by atoms with E-state index >= 15 is 0 Å². The van der Waals surface area contributed by atoms with Gasteiger partial charge in [-0.2, -0.15) is 0 Å². The first-order valence-corrected chi connectivity index (χ1v) is 13.1. The number of allylic oxidation sites excluding steroid dienone is 7. The molecule has 8 unspecified atom stereocenters. The Labute approximate surface area is 217 Å². The molecule has 0 aromatic heterocycles. The number of esters is 1. The lowest BCUT2D eigenvalue weighted by Crippen LogP contribution is -2.34. The van der Waals surface area contributed by atoms with Gasteiger partial charge in [-0.05, 0) is 51.5 Å². The standard InChI is InChI=1S/C31H44O5/c1-20(16-22(3)12-14-27-23(4)13-15-28(33)35-27)10-9-11-21(2)17-24(5)29(34)26(7)30-25(6)18-31(8,19-32)36-30/h9,11-17,19-20,23-27,30H,10,18H2,1-8H3/b11-9+,14-12+,21-17+,22-16-. The highest BCUT2D eigenvalue weighted by Crippen LogP contribution is 2.38. The topological polar surface area (TPSA) is 69.7 Å². The van der Waals surface area contributed by atoms with E-state index < -0.39 is 5.60 Å². The quantitative estimate of drug-likeness (QED) is 0.189. The highest BCUT2D eigenvalue weighted by atomic mass is 16.5. The van der Waals surface area contributed by atoms with E-state index in [1.54, 1.807) is 6.92 Å². The van der Waals surface area contributed by atoms with Gasteiger partial charge in [-0.1, -0.05) is 82.2 Å². The summed E-state index contributed by atoms with van der Waals surface area (Å²) in [6, 6.07) is 0. The van der Waals surface area contributed by atoms with Crippen molar-refractivity contribution in [3.05, 3.63) is 59.8 Å². The second kappa shape index (κ2) is 13.1. The van der Waals surface area contributed by atoms with Crippen LogP contribution in [0.3, 0.4) is 0 Å². The Morgan fingerprint density at radius 3 is 2.44 bits per heavy atom. The number of hydrogen-bond donors (Lipinski definition) is 0. The Bertz CT molecular complexity index is 952. The van der Waals surface area contributed by atoms with E-state index in [0.717, 1.165) is 23.9 Å². The van der Waals surface area contributed by atoms with E-state index in [1.165, 1.54) is 6.08 Å². The van der Waals surface area contributed by atoms with Crippen LogP contribution in [0.1, 0.15) is 68.2 Å². The maximum atomic E-state index is 13.0. The summed E-state index contributed by atoms with van der Waals surface area (Å²) in [6.07, 6.45) is 17.7. The van der Waals surface area contributed by atoms with Crippen LogP contribution in [-0.2, 0) is 23.9 Å². The van der Waals surface area contributed by atoms with Gasteiger partial charge in [-0.25, -0.2) is 4.79 Å². The first-order valence-electron chi connectivity index (χ1n) is 13.1. The van der Waals surface area contributed by atoms with Gasteiger partial charge in [0.15, 0.2) is 6.29 Å². The Morgan fingerprint density at radius 2 is 1.81 bits per heavy atom. The number of hydrogen-bond acceptors (Lipinski definition) is 5. The summed E-state index contributed by atoms with van der Waals surface area (Å²) < 4.78 is 11.3. The predicted octanol–water partition coefficient (Wildman–Crippen LogP) is 6.36. The number of Topliss-reactive ketones (excluding diaryl/α,β-unsaturated/α-hetero) is 1. The van der Waals surface area contributed by atoms with Gasteiger partial charge < -0.3 is 14.3 Å². The van der Waals surface area contributed by atoms with Gasteiger partial charge in [-0.3, -0.25) is 4.79 Å². The zero-order chi connectivity index (χ0) is 27.0. The van der Waals surface area contributed by atoms with Gasteiger partial charge in [-0.15, -0.1) is 0 Å². The van der Waals surface area contributed by atoms with Crippen molar-refractivity contribution in [2.75, 3.05) is 0 Å². The number of aldehydes is 1. The molecular weight excluding hydrogens is 452 g/mol. The molecule has 2 aliphatic heterocycles. The van der Waals surface area contributed by atoms with Gasteiger partial charge in [0.25, 0.3) is 0 Å². The van der Waals surface area contributed by atoms with Gasteiger partial charge in [0.1, 0.15) is 17.5 Å². The zero-order valence-electron chi connectivity index (χ0n) is 23.2. The second-order valence-corrected chi connectivity index (χ2v) is 11.1. The van der Waals surface area contributed by atoms with Crippen molar-refractivity contribution in [1.29, 1.82) is 0 Å². The molecule has 0 N–H and O–H groups in total. The van der Waals surface area contributed by atoms with Crippen molar-refractivity contribution >= 4 is 18.0 Å². The molecule has 0 saturated carbocycles. The molecule has 2 heterocycles. The second-order valence-electron chi connectivity index (χ2n) is 11.1. The van der Waals surface area contributed by atoms with E-state index in [0.29, 0.717) is 12.3 Å². The first kappa shape index (κ1) is 29.7. The number of ether oxygens (including phenoxy) is 2. The summed E-state index contributed by atoms with van der Waals surface area (Å²) >= 11 is 0. The van der Waals surface area contributed by atoms with Gasteiger partial charge in [0.05, 0.1) is 6.10 Å². The fourth-order valence-electron chi connectivity index (χ4n) is 5.13. The van der Waals surface area contributed by atoms with E-state index in [4.69, 9.17) is 9.47 Å². The molecule has 5 nitrogen and oxygen atoms in total. The van der Waals surface area contributed by atoms with Crippen LogP contribution in [0.25, 0.3) is 0 Å². The maximum absolute atomic E-state index is 13.0. The van der Waals surface area contributed by atoms with Crippen molar-refractivity contribution in [2.24, 2.45) is 29.6 Å². The smallest absolute Gasteiger partial charge is 0.331 e. The molecule has 1 fully saturated rings. The fourth-order valence-corrected chi connectivity index (χ4v) is 5.13. The molecule has 0 amide bonds. The van der Waals surface area contributed by atoms with Crippen molar-refractivity contribution < 1.29 is 23.9 Å². The van der Waals surface area contributed by atoms with Crippen LogP contribution in [0, 0.1) is 29.6 Å². The van der Waals surface area contributed by atoms with Crippen molar-refractivity contribution in [2.45, 2.75) is 86.0 Å². The number of rotatable bonds is 11. The average molecular weight is 497 g/mol. The normalized spacial score (nSPS) is 32.1. The highest BCUT2D eigenvalue weighted by molar-refractivity contribution is 5.85. The molecule has 198 valence electrons. The van der Waals surface area contributed by atoms with E-state index in [-0.39, 0.29) is 47.6 Å². The Kier molecular flexibility index (Phi) is 10.8. The van der Waals surface area contributed by atoms with Crippen LogP contribution in [0.2, 0.25) is 0 Å². The third-order valence-electron chi connectivity index (χ3n) is 7.14. The summed E-state index contributed by atoms with van der Waals surface area (Å²) in [4.78, 5) is 35.9. The minimum absolute atomic E-state index is 0.141. The number of carbonyl (C=O) groups is 3. The predicted molar refractivity (Wildman–Crippen MR) is 144 cm³/mol. The van der Waals surface area contributed by atoms with Crippen LogP contribution in [0.4, 0.5) is 0 Å². The van der Waals surface area contributed by atoms with Gasteiger partial charge in [0.2, 0.25) is 0 Å². The summed E-state index contributed by atoms with van der Waals surface area (Å²) in [5, 5.41) is 0. The lowest BCUT2D eigenvalue weighted by atomic mass is 9.84. The Balaban J connectivity index is 1.87. The summed E-state index contributed by atoms with van der Waals surface area (Å²) in [5.74, 6) is 0.0477. The third-order valence-corrected chi connectivity index (χ3v) is 7.14. The minimum Gasteiger partial charge on any atom is -0.454 e. The largest absolute Gasteiger partial charge is 0.454 e. The molecule has 0 aromatic carbocycles. The molecule has 2 rings (SSSR count). The molecule has 8 atom stereocenters. The van der Waals surface area contributed by atoms with Crippen molar-refractivity contribution in [3.63, 3.8) is 0 Å². The first-order chi connectivity index (χ1) is 16.8. The summed E-state index contributed by atoms with van der Waals surface area (Å²) in [6.45, 7) is 15.9. The molecule has 0 aromatic rings. The molecule has 36 heavy (non-hydrogen) atoms. The van der Waals surface area contributed by atoms with Crippen LogP contribution in [-0.4, -0.2) is 35.8 Å². The van der Waals surface area contributed by atoms with Crippen LogP contribution in [0.15, 0.2) is 59.8 Å². The number of carbonyl (C=O) groups excluding carboxylic acids is 3. The van der Waals surface area contributed by atoms with Crippen LogP contribution in [0.5, 0.6) is 0 Å². The third kappa shape index (κ3) is 8.55. The fraction of sp³-hybridized carbons (Fsp3) is 0.581. The molecule has 0 spiro atoms. The molecule has 2 aliphatic rings. The van der Waals surface area contributed by atoms with Crippen LogP contribution >= 0.6 is 0 Å². The summed E-state index contributed by atoms with van der Waals surface area (Å²) in [7, 11) is 0. The number of ketones is 1. The molecule has 0 aliphatic carbocycles. The highest BCUT2D eigenvalue weighted by Gasteiger charge is 2.45. The molecule has 0 radical (unpaired) electrons. The van der Waals surface area contributed by atoms with Crippen molar-refractivity contribution in [3.8, 4) is 0 Å². The summed E-state index contributed by atoms with van der Waals surface area (Å²) in [5.41, 5.74) is 1.40. The minimum atomic E-state index is -0.784. The van der Waals surface area contributed by atoms with Crippen LogP contribution < -0.4 is 0 Å². The van der Waals surface area contributed by atoms with E-state index in [1.807, 2.05) is 65.8 Å². The molecule has 5 heteroatoms. The van der Waals surface area contributed by atoms with E-state index in [2.05, 4.69) is 25.2 Å². The zero-order valence-corrected chi connectivity index (χ0v) is 23.2. The molecular formula is C31H44O5. The van der Waals surface area contributed by atoms with Gasteiger partial charge >= 0.3 is 5.97 Å². The lowest BCUT2D eigenvalue weighted by Gasteiger charge is -2.25. The van der Waals surface area contributed by atoms with Gasteiger partial charge in [0, 0.05) is 23.8 Å².